The van der Waals surface area contributed by atoms with E-state index in [0.29, 0.717) is 6.61 Å². The van der Waals surface area contributed by atoms with Crippen LogP contribution in [-0.4, -0.2) is 11.7 Å². The van der Waals surface area contributed by atoms with Crippen molar-refractivity contribution in [1.82, 2.24) is 0 Å². The number of aliphatic hydroxyl groups is 1. The molecule has 0 aliphatic carbocycles. The molecule has 0 aliphatic rings. The van der Waals surface area contributed by atoms with E-state index in [4.69, 9.17) is 8.43 Å². The topological polar surface area (TPSA) is 37.3 Å². The Hall–Kier alpha value is 0.474. The van der Waals surface area contributed by atoms with Gasteiger partial charge in [0.2, 0.25) is 0 Å². The van der Waals surface area contributed by atoms with Crippen molar-refractivity contribution in [2.24, 2.45) is 0 Å². The summed E-state index contributed by atoms with van der Waals surface area (Å²) >= 11 is 0.750. The Kier molecular flexibility index (Phi) is 101. The second-order valence-electron chi connectivity index (χ2n) is 0.724. The number of hydrogen-bond donors (Lipinski definition) is 1. The molecule has 8 heavy (non-hydrogen) atoms. The first-order chi connectivity index (χ1) is 3.91. The molecule has 0 saturated carbocycles. The monoisotopic (exact) mass is 153 g/mol. The van der Waals surface area contributed by atoms with Crippen molar-refractivity contribution in [3.05, 3.63) is 6.92 Å². The van der Waals surface area contributed by atoms with Crippen molar-refractivity contribution in [2.75, 3.05) is 6.61 Å². The van der Waals surface area contributed by atoms with Crippen LogP contribution in [0.3, 0.4) is 0 Å². The molecule has 0 radical (unpaired) electrons. The molecule has 0 spiro atoms. The van der Waals surface area contributed by atoms with Crippen LogP contribution < -0.4 is 0 Å². The summed E-state index contributed by atoms with van der Waals surface area (Å²) in [6.07, 6.45) is 0.875. The molecule has 0 fully saturated rings. The zero-order valence-corrected chi connectivity index (χ0v) is 7.04. The summed E-state index contributed by atoms with van der Waals surface area (Å²) in [6.45, 7) is 7.25. The predicted octanol–water partition coefficient (Wildman–Crippen LogP) is 1.11. The third kappa shape index (κ3) is 89.3. The average molecular weight is 153 g/mol. The van der Waals surface area contributed by atoms with Gasteiger partial charge in [-0.05, 0) is 6.42 Å². The van der Waals surface area contributed by atoms with E-state index in [2.05, 4.69) is 6.92 Å². The number of rotatable bonds is 1. The van der Waals surface area contributed by atoms with Gasteiger partial charge in [-0.25, -0.2) is 0 Å². The van der Waals surface area contributed by atoms with E-state index in [1.54, 1.807) is 6.92 Å². The Morgan fingerprint density at radius 2 is 1.62 bits per heavy atom. The van der Waals surface area contributed by atoms with Crippen LogP contribution in [0.1, 0.15) is 20.3 Å². The molecule has 0 rings (SSSR count). The van der Waals surface area contributed by atoms with Crippen molar-refractivity contribution >= 4 is 0 Å². The molecular formula is C5H13O2Ti. The van der Waals surface area contributed by atoms with E-state index < -0.39 is 0 Å². The first kappa shape index (κ1) is 15.8. The van der Waals surface area contributed by atoms with Crippen LogP contribution in [0.2, 0.25) is 0 Å². The van der Waals surface area contributed by atoms with Gasteiger partial charge in [0, 0.05) is 6.61 Å². The van der Waals surface area contributed by atoms with Crippen molar-refractivity contribution in [2.45, 2.75) is 20.3 Å². The second kappa shape index (κ2) is 51.2. The van der Waals surface area contributed by atoms with Crippen LogP contribution in [0, 0.1) is 6.92 Å². The zero-order chi connectivity index (χ0) is 7.41. The standard InChI is InChI=1S/C3H8O.C2H5.O.Ti/c1-2-3-4;1-2;;/h4H,2-3H2,1H3;1H2,2H3;;/q;-1;;+1. The molecule has 0 heterocycles. The van der Waals surface area contributed by atoms with Crippen molar-refractivity contribution < 1.29 is 28.8 Å². The number of hydrogen-bond acceptors (Lipinski definition) is 2. The van der Waals surface area contributed by atoms with E-state index >= 15 is 0 Å². The van der Waals surface area contributed by atoms with Gasteiger partial charge in [0.1, 0.15) is 0 Å². The van der Waals surface area contributed by atoms with Crippen LogP contribution in [0.25, 0.3) is 0 Å². The van der Waals surface area contributed by atoms with Gasteiger partial charge in [0.15, 0.2) is 0 Å². The van der Waals surface area contributed by atoms with E-state index in [0.717, 1.165) is 26.8 Å². The van der Waals surface area contributed by atoms with Crippen molar-refractivity contribution in [3.63, 3.8) is 0 Å². The summed E-state index contributed by atoms with van der Waals surface area (Å²) in [6, 6.07) is 0. The quantitative estimate of drug-likeness (QED) is 0.452. The fourth-order valence-electron chi connectivity index (χ4n) is 0. The fraction of sp³-hybridized carbons (Fsp3) is 0.800. The Morgan fingerprint density at radius 3 is 1.62 bits per heavy atom. The molecule has 0 aromatic carbocycles. The summed E-state index contributed by atoms with van der Waals surface area (Å²) in [5.41, 5.74) is 0. The van der Waals surface area contributed by atoms with E-state index in [9.17, 15) is 0 Å². The maximum atomic E-state index is 8.25. The summed E-state index contributed by atoms with van der Waals surface area (Å²) in [4.78, 5) is 0. The Labute approximate surface area is 63.0 Å². The molecule has 0 atom stereocenters. The molecule has 0 aromatic rings. The molecule has 2 nitrogen and oxygen atoms in total. The summed E-state index contributed by atoms with van der Waals surface area (Å²) in [5.74, 6) is 0. The van der Waals surface area contributed by atoms with Crippen LogP contribution in [0.15, 0.2) is 0 Å². The van der Waals surface area contributed by atoms with Gasteiger partial charge in [-0.15, -0.1) is 0 Å². The van der Waals surface area contributed by atoms with Crippen LogP contribution >= 0.6 is 0 Å². The molecule has 3 heteroatoms. The summed E-state index contributed by atoms with van der Waals surface area (Å²) in [7, 11) is 0. The molecule has 49 valence electrons. The first-order valence-electron chi connectivity index (χ1n) is 2.43. The third-order valence-electron chi connectivity index (χ3n) is 0.224. The van der Waals surface area contributed by atoms with Crippen molar-refractivity contribution in [1.29, 1.82) is 0 Å². The summed E-state index contributed by atoms with van der Waals surface area (Å²) in [5, 5.41) is 7.88. The van der Waals surface area contributed by atoms with Gasteiger partial charge in [0.05, 0.1) is 0 Å². The minimum absolute atomic E-state index is 0.319. The summed E-state index contributed by atoms with van der Waals surface area (Å²) < 4.78 is 8.25. The Bertz CT molecular complexity index is 17.9. The van der Waals surface area contributed by atoms with E-state index in [1.807, 2.05) is 6.92 Å². The molecule has 0 bridgehead atoms. The minimum atomic E-state index is 0.319. The van der Waals surface area contributed by atoms with E-state index in [1.165, 1.54) is 0 Å². The van der Waals surface area contributed by atoms with E-state index in [-0.39, 0.29) is 0 Å². The maximum absolute atomic E-state index is 8.25. The Morgan fingerprint density at radius 1 is 1.50 bits per heavy atom. The SMILES string of the molecule is CCCO.[CH2-]C.[O]=[Ti+]. The second-order valence-corrected chi connectivity index (χ2v) is 0.724. The van der Waals surface area contributed by atoms with Gasteiger partial charge in [-0.2, -0.15) is 6.92 Å². The van der Waals surface area contributed by atoms with Gasteiger partial charge in [0.25, 0.3) is 0 Å². The fourth-order valence-corrected chi connectivity index (χ4v) is 0. The Balaban J connectivity index is -0.0000000542. The molecule has 0 amide bonds. The van der Waals surface area contributed by atoms with Crippen LogP contribution in [0.4, 0.5) is 0 Å². The van der Waals surface area contributed by atoms with Crippen molar-refractivity contribution in [3.8, 4) is 0 Å². The van der Waals surface area contributed by atoms with Gasteiger partial charge in [-0.3, -0.25) is 0 Å². The predicted molar refractivity (Wildman–Crippen MR) is 29.1 cm³/mol. The van der Waals surface area contributed by atoms with Gasteiger partial charge < -0.3 is 12.0 Å². The van der Waals surface area contributed by atoms with Gasteiger partial charge >= 0.3 is 23.7 Å². The average Bonchev–Trinajstić information content (AvgIpc) is 1.96. The third-order valence-corrected chi connectivity index (χ3v) is 0.224. The molecule has 0 aromatic heterocycles. The first-order valence-corrected chi connectivity index (χ1v) is 3.07. The van der Waals surface area contributed by atoms with Crippen LogP contribution in [0.5, 0.6) is 0 Å². The molecular weight excluding hydrogens is 140 g/mol. The molecule has 1 N–H and O–H groups in total. The molecule has 0 unspecified atom stereocenters. The van der Waals surface area contributed by atoms with Crippen LogP contribution in [-0.2, 0) is 23.7 Å². The number of aliphatic hydroxyl groups excluding tert-OH is 1. The normalized spacial score (nSPS) is 5.25. The van der Waals surface area contributed by atoms with Gasteiger partial charge in [-0.1, -0.05) is 6.92 Å². The molecule has 0 aliphatic heterocycles. The zero-order valence-electron chi connectivity index (χ0n) is 5.48. The molecule has 0 saturated heterocycles.